The quantitative estimate of drug-likeness (QED) is 0.0832. The first-order chi connectivity index (χ1) is 21.6. The Labute approximate surface area is 275 Å². The van der Waals surface area contributed by atoms with Crippen LogP contribution in [0.3, 0.4) is 0 Å². The molecule has 1 aliphatic rings. The topological polar surface area (TPSA) is 359 Å². The Bertz CT molecular complexity index is 1130. The second-order valence-corrected chi connectivity index (χ2v) is 17.5. The van der Waals surface area contributed by atoms with E-state index in [1.165, 1.54) is 0 Å². The number of carbonyl (C=O) groups excluding carboxylic acids is 4. The molecule has 0 aromatic carbocycles. The molecule has 48 heavy (non-hydrogen) atoms. The lowest BCUT2D eigenvalue weighted by molar-refractivity contribution is -0.122. The van der Waals surface area contributed by atoms with Crippen LogP contribution in [0.15, 0.2) is 0 Å². The molecule has 24 nitrogen and oxygen atoms in total. The first-order valence-electron chi connectivity index (χ1n) is 13.9. The largest absolute Gasteiger partial charge is 0.362 e. The number of hydrogen-bond acceptors (Lipinski definition) is 12. The van der Waals surface area contributed by atoms with Crippen molar-refractivity contribution < 1.29 is 76.6 Å². The maximum atomic E-state index is 12.5. The van der Waals surface area contributed by atoms with Gasteiger partial charge in [-0.05, 0) is 0 Å². The van der Waals surface area contributed by atoms with E-state index in [1.54, 1.807) is 0 Å². The zero-order valence-electron chi connectivity index (χ0n) is 26.4. The lowest BCUT2D eigenvalue weighted by Crippen LogP contribution is -2.59. The molecule has 0 aromatic rings. The molecule has 4 unspecified atom stereocenters. The Kier molecular flexibility index (Phi) is 16.6. The third-order valence-corrected chi connectivity index (χ3v) is 11.1. The van der Waals surface area contributed by atoms with Crippen molar-refractivity contribution in [2.75, 3.05) is 52.4 Å². The number of nitrogens with one attached hydrogen (secondary N) is 4. The molecule has 0 spiro atoms. The highest BCUT2D eigenvalue weighted by Crippen LogP contribution is 2.45. The molecule has 4 atom stereocenters. The average Bonchev–Trinajstić information content (AvgIpc) is 2.86. The Morgan fingerprint density at radius 1 is 0.396 bits per heavy atom. The summed E-state index contributed by atoms with van der Waals surface area (Å²) in [6.07, 6.45) is 0. The maximum Gasteiger partial charge on any atom is 0.362 e. The van der Waals surface area contributed by atoms with Crippen LogP contribution < -0.4 is 21.3 Å². The van der Waals surface area contributed by atoms with Crippen LogP contribution in [0.4, 0.5) is 0 Å². The van der Waals surface area contributed by atoms with Crippen molar-refractivity contribution in [1.82, 2.24) is 40.9 Å². The summed E-state index contributed by atoms with van der Waals surface area (Å²) < 4.78 is 50.1. The molecule has 0 aliphatic carbocycles. The second-order valence-electron chi connectivity index (χ2n) is 10.8. The lowest BCUT2D eigenvalue weighted by atomic mass is 10.3. The summed E-state index contributed by atoms with van der Waals surface area (Å²) in [4.78, 5) is 132. The molecule has 280 valence electrons. The van der Waals surface area contributed by atoms with Crippen LogP contribution in [0.1, 0.15) is 27.7 Å². The van der Waals surface area contributed by atoms with Gasteiger partial charge in [-0.3, -0.25) is 57.0 Å². The molecule has 28 heteroatoms. The zero-order chi connectivity index (χ0) is 37.4. The van der Waals surface area contributed by atoms with Gasteiger partial charge in [-0.1, -0.05) is 0 Å². The van der Waals surface area contributed by atoms with E-state index < -0.39 is 130 Å². The van der Waals surface area contributed by atoms with Gasteiger partial charge in [0.25, 0.3) is 0 Å². The minimum Gasteiger partial charge on any atom is -0.330 e. The molecule has 1 aliphatic heterocycles. The maximum absolute atomic E-state index is 12.5. The molecule has 1 rings (SSSR count). The smallest absolute Gasteiger partial charge is 0.330 e. The summed E-state index contributed by atoms with van der Waals surface area (Å²) in [6.45, 7) is -0.600. The Balaban J connectivity index is 3.93. The molecule has 0 radical (unpaired) electrons. The van der Waals surface area contributed by atoms with Crippen molar-refractivity contribution in [1.29, 1.82) is 0 Å². The van der Waals surface area contributed by atoms with Gasteiger partial charge in [0.1, 0.15) is 0 Å². The monoisotopic (exact) mass is 776 g/mol. The Hall–Kier alpha value is -1.68. The predicted molar refractivity (Wildman–Crippen MR) is 165 cm³/mol. The van der Waals surface area contributed by atoms with Gasteiger partial charge in [0.15, 0.2) is 23.6 Å². The van der Waals surface area contributed by atoms with Gasteiger partial charge >= 0.3 is 30.4 Å². The summed E-state index contributed by atoms with van der Waals surface area (Å²) in [5.41, 5.74) is 0. The van der Waals surface area contributed by atoms with Crippen LogP contribution in [-0.2, 0) is 37.4 Å². The second kappa shape index (κ2) is 18.0. The van der Waals surface area contributed by atoms with Crippen molar-refractivity contribution in [3.8, 4) is 0 Å². The Morgan fingerprint density at radius 2 is 0.521 bits per heavy atom. The van der Waals surface area contributed by atoms with Crippen LogP contribution in [0.25, 0.3) is 0 Å². The van der Waals surface area contributed by atoms with Crippen LogP contribution in [0.2, 0.25) is 0 Å². The van der Waals surface area contributed by atoms with E-state index in [0.717, 1.165) is 47.3 Å². The first kappa shape index (κ1) is 44.3. The first-order valence-corrected chi connectivity index (χ1v) is 20.6. The number of nitrogens with zero attached hydrogens (tertiary/aromatic N) is 4. The van der Waals surface area contributed by atoms with Crippen molar-refractivity contribution in [2.45, 2.75) is 51.3 Å². The van der Waals surface area contributed by atoms with E-state index in [-0.39, 0.29) is 0 Å². The van der Waals surface area contributed by atoms with E-state index in [2.05, 4.69) is 21.3 Å². The number of hydrogen-bond donors (Lipinski definition) is 12. The molecule has 0 saturated carbocycles. The summed E-state index contributed by atoms with van der Waals surface area (Å²) in [7, 11) is -21.0. The standard InChI is InChI=1S/C20H44N8O16P4/c1-13(29)21-17(45(33,34)35)25-5-7-26(18(22-14(2)30)46(36,37)38)9-11-28(20(24-16(4)32)48(42,43)44)12-10-27(8-6-25)19(23-15(3)31)47(39,40)41/h17-20H,5-12H2,1-4H3,(H,21,29)(H,22,30)(H,23,31)(H,24,32)(H2,33,34,35)(H2,36,37,38)(H2,39,40,41)(H2,42,43,44). The fourth-order valence-corrected chi connectivity index (χ4v) is 8.76. The highest BCUT2D eigenvalue weighted by Gasteiger charge is 2.43. The number of carbonyl (C=O) groups is 4. The van der Waals surface area contributed by atoms with Crippen molar-refractivity contribution in [3.05, 3.63) is 0 Å². The van der Waals surface area contributed by atoms with E-state index >= 15 is 0 Å². The molecule has 1 saturated heterocycles. The fourth-order valence-electron chi connectivity index (χ4n) is 4.73. The molecular weight excluding hydrogens is 732 g/mol. The van der Waals surface area contributed by atoms with Crippen molar-refractivity contribution in [3.63, 3.8) is 0 Å². The van der Waals surface area contributed by atoms with Crippen LogP contribution in [0, 0.1) is 0 Å². The average molecular weight is 777 g/mol. The third-order valence-electron chi connectivity index (χ3n) is 6.69. The predicted octanol–water partition coefficient (Wildman–Crippen LogP) is -4.40. The van der Waals surface area contributed by atoms with Gasteiger partial charge in [-0.15, -0.1) is 0 Å². The summed E-state index contributed by atoms with van der Waals surface area (Å²) in [5, 5.41) is 8.31. The molecular formula is C20H44N8O16P4. The summed E-state index contributed by atoms with van der Waals surface area (Å²) >= 11 is 0. The highest BCUT2D eigenvalue weighted by atomic mass is 31.2. The van der Waals surface area contributed by atoms with E-state index in [9.17, 15) is 76.6 Å². The van der Waals surface area contributed by atoms with Gasteiger partial charge in [-0.25, -0.2) is 0 Å². The molecule has 0 aromatic heterocycles. The van der Waals surface area contributed by atoms with Crippen LogP contribution in [-0.4, -0.2) is 158 Å². The molecule has 1 heterocycles. The van der Waals surface area contributed by atoms with E-state index in [1.807, 2.05) is 0 Å². The SMILES string of the molecule is CC(=O)NC(N1CCN(C(NC(C)=O)P(=O)(O)O)CCN(C(NC(C)=O)P(=O)(O)O)CCN(C(NC(C)=O)P(=O)(O)O)CC1)P(=O)(O)O. The van der Waals surface area contributed by atoms with Crippen molar-refractivity contribution >= 4 is 54.0 Å². The number of rotatable bonds is 12. The van der Waals surface area contributed by atoms with Crippen LogP contribution >= 0.6 is 30.4 Å². The summed E-state index contributed by atoms with van der Waals surface area (Å²) in [5.74, 6) is -11.9. The molecule has 0 bridgehead atoms. The van der Waals surface area contributed by atoms with Crippen molar-refractivity contribution in [2.24, 2.45) is 0 Å². The van der Waals surface area contributed by atoms with Crippen LogP contribution in [0.5, 0.6) is 0 Å². The molecule has 4 amide bonds. The van der Waals surface area contributed by atoms with E-state index in [4.69, 9.17) is 0 Å². The molecule has 1 fully saturated rings. The summed E-state index contributed by atoms with van der Waals surface area (Å²) in [6, 6.07) is 0. The number of amides is 4. The fraction of sp³-hybridized carbons (Fsp3) is 0.800. The van der Waals surface area contributed by atoms with Gasteiger partial charge in [0.2, 0.25) is 23.6 Å². The minimum atomic E-state index is -5.25. The molecule has 12 N–H and O–H groups in total. The van der Waals surface area contributed by atoms with Gasteiger partial charge < -0.3 is 60.4 Å². The van der Waals surface area contributed by atoms with Gasteiger partial charge in [0, 0.05) is 80.1 Å². The minimum absolute atomic E-state index is 0.547. The highest BCUT2D eigenvalue weighted by molar-refractivity contribution is 7.53. The zero-order valence-corrected chi connectivity index (χ0v) is 30.0. The van der Waals surface area contributed by atoms with Gasteiger partial charge in [0.05, 0.1) is 0 Å². The Morgan fingerprint density at radius 3 is 0.604 bits per heavy atom. The normalized spacial score (nSPS) is 20.2. The third kappa shape index (κ3) is 15.1. The van der Waals surface area contributed by atoms with E-state index in [0.29, 0.717) is 0 Å². The lowest BCUT2D eigenvalue weighted by Gasteiger charge is -2.41. The van der Waals surface area contributed by atoms with Gasteiger partial charge in [-0.2, -0.15) is 0 Å².